The maximum atomic E-state index is 13.0. The SMILES string of the molecule is CC(=O)Nc1ccc(NC(=O)[C@@H](C)OC(=O)c2cccc3c(=O)c(C)c(-c4ccccc4)oc23)cc1. The van der Waals surface area contributed by atoms with E-state index in [2.05, 4.69) is 10.6 Å². The summed E-state index contributed by atoms with van der Waals surface area (Å²) in [4.78, 5) is 49.8. The van der Waals surface area contributed by atoms with Crippen molar-refractivity contribution in [2.45, 2.75) is 26.9 Å². The molecule has 0 aliphatic rings. The summed E-state index contributed by atoms with van der Waals surface area (Å²) in [5, 5.41) is 5.55. The molecule has 8 heteroatoms. The molecule has 36 heavy (non-hydrogen) atoms. The Labute approximate surface area is 206 Å². The molecule has 0 spiro atoms. The van der Waals surface area contributed by atoms with Gasteiger partial charge in [0.1, 0.15) is 11.3 Å². The lowest BCUT2D eigenvalue weighted by Gasteiger charge is -2.15. The first-order valence-corrected chi connectivity index (χ1v) is 11.3. The molecule has 0 radical (unpaired) electrons. The van der Waals surface area contributed by atoms with Gasteiger partial charge in [-0.25, -0.2) is 4.79 Å². The van der Waals surface area contributed by atoms with Crippen LogP contribution in [0, 0.1) is 6.92 Å². The summed E-state index contributed by atoms with van der Waals surface area (Å²) in [6, 6.07) is 20.3. The zero-order valence-electron chi connectivity index (χ0n) is 20.0. The van der Waals surface area contributed by atoms with E-state index in [0.717, 1.165) is 0 Å². The van der Waals surface area contributed by atoms with Gasteiger partial charge in [0, 0.05) is 29.4 Å². The Morgan fingerprint density at radius 1 is 0.861 bits per heavy atom. The summed E-state index contributed by atoms with van der Waals surface area (Å²) in [5.41, 5.74) is 2.07. The monoisotopic (exact) mass is 484 g/mol. The first-order valence-electron chi connectivity index (χ1n) is 11.3. The molecule has 4 rings (SSSR count). The number of esters is 1. The Morgan fingerprint density at radius 3 is 2.14 bits per heavy atom. The second-order valence-electron chi connectivity index (χ2n) is 8.23. The zero-order valence-corrected chi connectivity index (χ0v) is 20.0. The van der Waals surface area contributed by atoms with Gasteiger partial charge in [-0.05, 0) is 50.2 Å². The van der Waals surface area contributed by atoms with Gasteiger partial charge < -0.3 is 19.8 Å². The number of rotatable bonds is 6. The summed E-state index contributed by atoms with van der Waals surface area (Å²) in [5.74, 6) is -1.18. The van der Waals surface area contributed by atoms with Crippen molar-refractivity contribution in [1.82, 2.24) is 0 Å². The first-order chi connectivity index (χ1) is 17.2. The fraction of sp³-hybridized carbons (Fsp3) is 0.143. The van der Waals surface area contributed by atoms with Crippen molar-refractivity contribution >= 4 is 40.1 Å². The number of ether oxygens (including phenoxy) is 1. The number of benzene rings is 3. The van der Waals surface area contributed by atoms with Crippen molar-refractivity contribution in [3.63, 3.8) is 0 Å². The van der Waals surface area contributed by atoms with Crippen LogP contribution in [0.15, 0.2) is 82.0 Å². The van der Waals surface area contributed by atoms with Crippen molar-refractivity contribution in [2.75, 3.05) is 10.6 Å². The van der Waals surface area contributed by atoms with Crippen LogP contribution in [0.1, 0.15) is 29.8 Å². The van der Waals surface area contributed by atoms with E-state index in [4.69, 9.17) is 9.15 Å². The number of hydrogen-bond donors (Lipinski definition) is 2. The van der Waals surface area contributed by atoms with E-state index in [0.29, 0.717) is 28.3 Å². The van der Waals surface area contributed by atoms with Crippen LogP contribution in [-0.2, 0) is 14.3 Å². The van der Waals surface area contributed by atoms with Gasteiger partial charge in [-0.15, -0.1) is 0 Å². The predicted octanol–water partition coefficient (Wildman–Crippen LogP) is 4.91. The summed E-state index contributed by atoms with van der Waals surface area (Å²) < 4.78 is 11.5. The molecule has 2 N–H and O–H groups in total. The Morgan fingerprint density at radius 2 is 1.50 bits per heavy atom. The second-order valence-corrected chi connectivity index (χ2v) is 8.23. The normalized spacial score (nSPS) is 11.5. The molecular formula is C28H24N2O6. The molecule has 1 heterocycles. The summed E-state index contributed by atoms with van der Waals surface area (Å²) in [6.45, 7) is 4.52. The molecule has 3 aromatic carbocycles. The van der Waals surface area contributed by atoms with Crippen molar-refractivity contribution in [3.05, 3.63) is 94.1 Å². The molecule has 0 saturated heterocycles. The molecule has 0 saturated carbocycles. The minimum Gasteiger partial charge on any atom is -0.455 e. The summed E-state index contributed by atoms with van der Waals surface area (Å²) in [7, 11) is 0. The minimum atomic E-state index is -1.13. The van der Waals surface area contributed by atoms with E-state index < -0.39 is 18.0 Å². The Kier molecular flexibility index (Phi) is 6.96. The third kappa shape index (κ3) is 5.17. The largest absolute Gasteiger partial charge is 0.455 e. The molecule has 8 nitrogen and oxygen atoms in total. The molecule has 0 aliphatic heterocycles. The zero-order chi connectivity index (χ0) is 25.8. The molecule has 0 aliphatic carbocycles. The molecule has 0 fully saturated rings. The Hall–Kier alpha value is -4.72. The highest BCUT2D eigenvalue weighted by Gasteiger charge is 2.23. The molecule has 1 atom stereocenters. The van der Waals surface area contributed by atoms with E-state index >= 15 is 0 Å². The van der Waals surface area contributed by atoms with Crippen LogP contribution in [0.2, 0.25) is 0 Å². The number of amides is 2. The Bertz CT molecular complexity index is 1510. The van der Waals surface area contributed by atoms with Crippen LogP contribution in [0.5, 0.6) is 0 Å². The van der Waals surface area contributed by atoms with Gasteiger partial charge in [0.2, 0.25) is 5.91 Å². The maximum absolute atomic E-state index is 13.0. The lowest BCUT2D eigenvalue weighted by molar-refractivity contribution is -0.123. The van der Waals surface area contributed by atoms with E-state index in [9.17, 15) is 19.2 Å². The number of anilines is 2. The van der Waals surface area contributed by atoms with Crippen molar-refractivity contribution in [1.29, 1.82) is 0 Å². The quantitative estimate of drug-likeness (QED) is 0.376. The van der Waals surface area contributed by atoms with Crippen molar-refractivity contribution < 1.29 is 23.5 Å². The molecule has 4 aromatic rings. The maximum Gasteiger partial charge on any atom is 0.342 e. The first kappa shape index (κ1) is 24.4. The molecule has 1 aromatic heterocycles. The van der Waals surface area contributed by atoms with E-state index in [1.54, 1.807) is 43.3 Å². The topological polar surface area (TPSA) is 115 Å². The fourth-order valence-corrected chi connectivity index (χ4v) is 3.70. The highest BCUT2D eigenvalue weighted by Crippen LogP contribution is 2.27. The third-order valence-corrected chi connectivity index (χ3v) is 5.53. The van der Waals surface area contributed by atoms with E-state index in [-0.39, 0.29) is 27.9 Å². The van der Waals surface area contributed by atoms with Crippen molar-refractivity contribution in [3.8, 4) is 11.3 Å². The van der Waals surface area contributed by atoms with Gasteiger partial charge in [0.05, 0.1) is 5.39 Å². The van der Waals surface area contributed by atoms with E-state index in [1.807, 2.05) is 30.3 Å². The summed E-state index contributed by atoms with van der Waals surface area (Å²) >= 11 is 0. The fourth-order valence-electron chi connectivity index (χ4n) is 3.70. The molecule has 182 valence electrons. The molecule has 2 amide bonds. The van der Waals surface area contributed by atoms with Gasteiger partial charge in [-0.2, -0.15) is 0 Å². The van der Waals surface area contributed by atoms with E-state index in [1.165, 1.54) is 19.9 Å². The van der Waals surface area contributed by atoms with Gasteiger partial charge in [-0.1, -0.05) is 36.4 Å². The van der Waals surface area contributed by atoms with Crippen LogP contribution in [0.3, 0.4) is 0 Å². The minimum absolute atomic E-state index is 0.0427. The molecular weight excluding hydrogens is 460 g/mol. The highest BCUT2D eigenvalue weighted by molar-refractivity contribution is 6.04. The van der Waals surface area contributed by atoms with Gasteiger partial charge in [0.15, 0.2) is 17.1 Å². The number of hydrogen-bond acceptors (Lipinski definition) is 6. The van der Waals surface area contributed by atoms with Crippen LogP contribution in [-0.4, -0.2) is 23.9 Å². The molecule has 0 unspecified atom stereocenters. The van der Waals surface area contributed by atoms with Gasteiger partial charge in [0.25, 0.3) is 5.91 Å². The lowest BCUT2D eigenvalue weighted by atomic mass is 10.0. The predicted molar refractivity (Wildman–Crippen MR) is 137 cm³/mol. The number of carbonyl (C=O) groups is 3. The number of carbonyl (C=O) groups excluding carboxylic acids is 3. The van der Waals surface area contributed by atoms with Crippen LogP contribution < -0.4 is 16.1 Å². The standard InChI is InChI=1S/C28H24N2O6/c1-16-24(32)22-10-7-11-23(26(22)36-25(16)19-8-5-4-6-9-19)28(34)35-17(2)27(33)30-21-14-12-20(13-15-21)29-18(3)31/h4-15,17H,1-3H3,(H,29,31)(H,30,33)/t17-/m1/s1. The number of para-hydroxylation sites is 1. The van der Waals surface area contributed by atoms with Crippen molar-refractivity contribution in [2.24, 2.45) is 0 Å². The second kappa shape index (κ2) is 10.3. The molecule has 0 bridgehead atoms. The average molecular weight is 485 g/mol. The summed E-state index contributed by atoms with van der Waals surface area (Å²) in [6.07, 6.45) is -1.13. The van der Waals surface area contributed by atoms with Crippen LogP contribution in [0.25, 0.3) is 22.3 Å². The van der Waals surface area contributed by atoms with Gasteiger partial charge >= 0.3 is 5.97 Å². The van der Waals surface area contributed by atoms with Crippen LogP contribution >= 0.6 is 0 Å². The Balaban J connectivity index is 1.56. The third-order valence-electron chi connectivity index (χ3n) is 5.53. The number of nitrogens with one attached hydrogen (secondary N) is 2. The average Bonchev–Trinajstić information content (AvgIpc) is 2.87. The van der Waals surface area contributed by atoms with Crippen LogP contribution in [0.4, 0.5) is 11.4 Å². The lowest BCUT2D eigenvalue weighted by Crippen LogP contribution is -2.30. The smallest absolute Gasteiger partial charge is 0.342 e. The highest BCUT2D eigenvalue weighted by atomic mass is 16.5. The van der Waals surface area contributed by atoms with Gasteiger partial charge in [-0.3, -0.25) is 14.4 Å². The number of fused-ring (bicyclic) bond motifs is 1.